The van der Waals surface area contributed by atoms with Gasteiger partial charge in [-0.25, -0.2) is 0 Å². The number of phenolic OH excluding ortho intramolecular Hbond substituents is 1. The predicted octanol–water partition coefficient (Wildman–Crippen LogP) is 1.69. The summed E-state index contributed by atoms with van der Waals surface area (Å²) in [4.78, 5) is 13.9. The lowest BCUT2D eigenvalue weighted by Gasteiger charge is -2.24. The van der Waals surface area contributed by atoms with E-state index >= 15 is 0 Å². The van der Waals surface area contributed by atoms with Gasteiger partial charge in [-0.3, -0.25) is 4.79 Å². The fourth-order valence-electron chi connectivity index (χ4n) is 1.92. The lowest BCUT2D eigenvalue weighted by Crippen LogP contribution is -2.45. The first-order valence-electron chi connectivity index (χ1n) is 6.51. The van der Waals surface area contributed by atoms with Crippen molar-refractivity contribution in [1.29, 1.82) is 0 Å². The third-order valence-electron chi connectivity index (χ3n) is 2.86. The molecule has 0 aliphatic rings. The summed E-state index contributed by atoms with van der Waals surface area (Å²) in [5.74, 6) is 0.151. The Hall–Kier alpha value is -1.81. The largest absolute Gasteiger partial charge is 0.508 e. The van der Waals surface area contributed by atoms with Crippen molar-refractivity contribution in [1.82, 2.24) is 4.90 Å². The van der Waals surface area contributed by atoms with Crippen LogP contribution in [0.15, 0.2) is 36.9 Å². The Morgan fingerprint density at radius 2 is 2.11 bits per heavy atom. The minimum atomic E-state index is -0.559. The number of benzene rings is 1. The van der Waals surface area contributed by atoms with Crippen LogP contribution < -0.4 is 5.73 Å². The molecule has 4 heteroatoms. The van der Waals surface area contributed by atoms with E-state index in [0.717, 1.165) is 12.0 Å². The second kappa shape index (κ2) is 7.59. The summed E-state index contributed by atoms with van der Waals surface area (Å²) in [5, 5.41) is 9.21. The maximum absolute atomic E-state index is 12.2. The van der Waals surface area contributed by atoms with Crippen molar-refractivity contribution in [3.05, 3.63) is 42.5 Å². The highest BCUT2D eigenvalue weighted by Gasteiger charge is 2.19. The summed E-state index contributed by atoms with van der Waals surface area (Å²) < 4.78 is 0. The summed E-state index contributed by atoms with van der Waals surface area (Å²) in [6, 6.07) is 6.19. The molecular formula is C15H22N2O2. The molecule has 0 aromatic heterocycles. The molecule has 0 saturated heterocycles. The van der Waals surface area contributed by atoms with Gasteiger partial charge < -0.3 is 15.7 Å². The minimum Gasteiger partial charge on any atom is -0.508 e. The molecule has 0 aliphatic carbocycles. The maximum Gasteiger partial charge on any atom is 0.240 e. The zero-order valence-electron chi connectivity index (χ0n) is 11.4. The van der Waals surface area contributed by atoms with Crippen LogP contribution in [0, 0.1) is 0 Å². The number of phenols is 1. The van der Waals surface area contributed by atoms with E-state index in [9.17, 15) is 9.90 Å². The van der Waals surface area contributed by atoms with Crippen LogP contribution in [-0.4, -0.2) is 35.0 Å². The Kier molecular flexibility index (Phi) is 6.09. The van der Waals surface area contributed by atoms with Crippen molar-refractivity contribution >= 4 is 5.91 Å². The summed E-state index contributed by atoms with van der Waals surface area (Å²) in [6.45, 7) is 6.89. The van der Waals surface area contributed by atoms with Gasteiger partial charge >= 0.3 is 0 Å². The Bertz CT molecular complexity index is 415. The summed E-state index contributed by atoms with van der Waals surface area (Å²) >= 11 is 0. The Labute approximate surface area is 114 Å². The number of aromatic hydroxyl groups is 1. The van der Waals surface area contributed by atoms with E-state index in [1.807, 2.05) is 6.92 Å². The average molecular weight is 262 g/mol. The average Bonchev–Trinajstić information content (AvgIpc) is 2.40. The van der Waals surface area contributed by atoms with E-state index in [-0.39, 0.29) is 11.7 Å². The monoisotopic (exact) mass is 262 g/mol. The van der Waals surface area contributed by atoms with Gasteiger partial charge in [0, 0.05) is 13.1 Å². The molecule has 0 aliphatic heterocycles. The zero-order valence-corrected chi connectivity index (χ0v) is 11.4. The van der Waals surface area contributed by atoms with Crippen LogP contribution in [0.5, 0.6) is 5.75 Å². The van der Waals surface area contributed by atoms with Crippen LogP contribution in [0.2, 0.25) is 0 Å². The van der Waals surface area contributed by atoms with Crippen molar-refractivity contribution in [3.8, 4) is 5.75 Å². The Balaban J connectivity index is 2.64. The van der Waals surface area contributed by atoms with Gasteiger partial charge in [-0.2, -0.15) is 0 Å². The van der Waals surface area contributed by atoms with Gasteiger partial charge in [0.1, 0.15) is 5.75 Å². The molecule has 1 amide bonds. The second-order valence-corrected chi connectivity index (χ2v) is 4.55. The van der Waals surface area contributed by atoms with E-state index in [2.05, 4.69) is 6.58 Å². The minimum absolute atomic E-state index is 0.0603. The topological polar surface area (TPSA) is 66.6 Å². The van der Waals surface area contributed by atoms with E-state index in [1.54, 1.807) is 35.2 Å². The number of carbonyl (C=O) groups excluding carboxylic acids is 1. The molecule has 3 N–H and O–H groups in total. The first-order chi connectivity index (χ1) is 9.08. The first-order valence-corrected chi connectivity index (χ1v) is 6.51. The lowest BCUT2D eigenvalue weighted by molar-refractivity contribution is -0.132. The van der Waals surface area contributed by atoms with Crippen LogP contribution in [0.1, 0.15) is 18.9 Å². The lowest BCUT2D eigenvalue weighted by atomic mass is 10.1. The second-order valence-electron chi connectivity index (χ2n) is 4.55. The molecule has 1 aromatic carbocycles. The maximum atomic E-state index is 12.2. The molecule has 0 fully saturated rings. The van der Waals surface area contributed by atoms with Crippen molar-refractivity contribution in [3.63, 3.8) is 0 Å². The molecule has 1 atom stereocenters. The van der Waals surface area contributed by atoms with Crippen LogP contribution in [0.4, 0.5) is 0 Å². The molecule has 104 valence electrons. The van der Waals surface area contributed by atoms with Crippen LogP contribution in [0.25, 0.3) is 0 Å². The van der Waals surface area contributed by atoms with Gasteiger partial charge in [-0.15, -0.1) is 6.58 Å². The fourth-order valence-corrected chi connectivity index (χ4v) is 1.92. The molecule has 0 saturated carbocycles. The predicted molar refractivity (Wildman–Crippen MR) is 76.9 cm³/mol. The number of hydrogen-bond acceptors (Lipinski definition) is 3. The molecule has 1 aromatic rings. The molecule has 1 rings (SSSR count). The molecule has 0 spiro atoms. The normalized spacial score (nSPS) is 11.9. The highest BCUT2D eigenvalue weighted by Crippen LogP contribution is 2.11. The van der Waals surface area contributed by atoms with Gasteiger partial charge in [-0.1, -0.05) is 25.1 Å². The van der Waals surface area contributed by atoms with Gasteiger partial charge in [0.25, 0.3) is 0 Å². The quantitative estimate of drug-likeness (QED) is 0.735. The number of rotatable bonds is 7. The number of hydrogen-bond donors (Lipinski definition) is 2. The Morgan fingerprint density at radius 3 is 2.63 bits per heavy atom. The van der Waals surface area contributed by atoms with E-state index in [0.29, 0.717) is 19.5 Å². The van der Waals surface area contributed by atoms with Crippen molar-refractivity contribution < 1.29 is 9.90 Å². The zero-order chi connectivity index (χ0) is 14.3. The molecule has 0 radical (unpaired) electrons. The van der Waals surface area contributed by atoms with Crippen LogP contribution in [0.3, 0.4) is 0 Å². The first kappa shape index (κ1) is 15.2. The van der Waals surface area contributed by atoms with Gasteiger partial charge in [0.05, 0.1) is 6.04 Å². The number of amides is 1. The Morgan fingerprint density at radius 1 is 1.47 bits per heavy atom. The number of carbonyl (C=O) groups is 1. The van der Waals surface area contributed by atoms with E-state index in [4.69, 9.17) is 5.73 Å². The van der Waals surface area contributed by atoms with Crippen molar-refractivity contribution in [2.45, 2.75) is 25.8 Å². The van der Waals surface area contributed by atoms with E-state index in [1.165, 1.54) is 0 Å². The summed E-state index contributed by atoms with van der Waals surface area (Å²) in [5.41, 5.74) is 6.90. The molecule has 0 heterocycles. The smallest absolute Gasteiger partial charge is 0.240 e. The van der Waals surface area contributed by atoms with Crippen LogP contribution >= 0.6 is 0 Å². The molecule has 0 bridgehead atoms. The van der Waals surface area contributed by atoms with Gasteiger partial charge in [0.2, 0.25) is 5.91 Å². The highest BCUT2D eigenvalue weighted by molar-refractivity contribution is 5.82. The molecular weight excluding hydrogens is 240 g/mol. The fraction of sp³-hybridized carbons (Fsp3) is 0.400. The third kappa shape index (κ3) is 4.75. The van der Waals surface area contributed by atoms with Gasteiger partial charge in [0.15, 0.2) is 0 Å². The van der Waals surface area contributed by atoms with Crippen molar-refractivity contribution in [2.24, 2.45) is 5.73 Å². The summed E-state index contributed by atoms with van der Waals surface area (Å²) in [7, 11) is 0. The molecule has 19 heavy (non-hydrogen) atoms. The number of nitrogens with two attached hydrogens (primary N) is 1. The third-order valence-corrected chi connectivity index (χ3v) is 2.86. The van der Waals surface area contributed by atoms with E-state index < -0.39 is 6.04 Å². The van der Waals surface area contributed by atoms with Crippen LogP contribution in [-0.2, 0) is 11.2 Å². The molecule has 4 nitrogen and oxygen atoms in total. The highest BCUT2D eigenvalue weighted by atomic mass is 16.3. The SMILES string of the molecule is C=CCN(CCC)C(=O)C(N)Cc1ccc(O)cc1. The standard InChI is InChI=1S/C15H22N2O2/c1-3-9-17(10-4-2)15(19)14(16)11-12-5-7-13(18)8-6-12/h3,5-8,14,18H,1,4,9-11,16H2,2H3. The van der Waals surface area contributed by atoms with Crippen molar-refractivity contribution in [2.75, 3.05) is 13.1 Å². The summed E-state index contributed by atoms with van der Waals surface area (Å²) in [6.07, 6.45) is 3.07. The molecule has 1 unspecified atom stereocenters. The number of nitrogens with zero attached hydrogens (tertiary/aromatic N) is 1. The van der Waals surface area contributed by atoms with Gasteiger partial charge in [-0.05, 0) is 30.5 Å².